The van der Waals surface area contributed by atoms with Gasteiger partial charge >= 0.3 is 0 Å². The Kier molecular flexibility index (Phi) is 6.90. The van der Waals surface area contributed by atoms with Crippen LogP contribution in [0, 0.1) is 0 Å². The summed E-state index contributed by atoms with van der Waals surface area (Å²) >= 11 is 3.22. The fraction of sp³-hybridized carbons (Fsp3) is 0.500. The number of hydrogen-bond donors (Lipinski definition) is 2. The number of halogens is 1. The largest absolute Gasteiger partial charge is 0.398 e. The Bertz CT molecular complexity index is 535. The van der Waals surface area contributed by atoms with Crippen LogP contribution in [0.1, 0.15) is 0 Å². The second-order valence-electron chi connectivity index (χ2n) is 4.50. The smallest absolute Gasteiger partial charge is 0.240 e. The number of hydrogen-bond acceptors (Lipinski definition) is 5. The molecule has 0 saturated carbocycles. The molecule has 0 atom stereocenters. The Morgan fingerprint density at radius 3 is 2.65 bits per heavy atom. The molecule has 0 heterocycles. The molecule has 0 aliphatic heterocycles. The maximum Gasteiger partial charge on any atom is 0.240 e. The predicted molar refractivity (Wildman–Crippen MR) is 83.1 cm³/mol. The van der Waals surface area contributed by atoms with E-state index in [-0.39, 0.29) is 11.4 Å². The van der Waals surface area contributed by atoms with E-state index in [4.69, 9.17) is 10.5 Å². The average molecular weight is 366 g/mol. The molecule has 0 unspecified atom stereocenters. The fourth-order valence-electron chi connectivity index (χ4n) is 1.37. The summed E-state index contributed by atoms with van der Waals surface area (Å²) in [6, 6.07) is 4.52. The number of anilines is 1. The number of nitrogens with two attached hydrogens (primary N) is 1. The van der Waals surface area contributed by atoms with Crippen LogP contribution >= 0.6 is 15.9 Å². The van der Waals surface area contributed by atoms with Crippen molar-refractivity contribution in [2.45, 2.75) is 4.90 Å². The number of sulfonamides is 1. The van der Waals surface area contributed by atoms with E-state index in [1.807, 2.05) is 19.0 Å². The van der Waals surface area contributed by atoms with E-state index in [2.05, 4.69) is 20.7 Å². The summed E-state index contributed by atoms with van der Waals surface area (Å²) in [4.78, 5) is 2.14. The Hall–Kier alpha value is -0.670. The monoisotopic (exact) mass is 365 g/mol. The van der Waals surface area contributed by atoms with Crippen molar-refractivity contribution in [1.82, 2.24) is 9.62 Å². The number of nitrogens with one attached hydrogen (secondary N) is 1. The van der Waals surface area contributed by atoms with Crippen LogP contribution in [0.3, 0.4) is 0 Å². The summed E-state index contributed by atoms with van der Waals surface area (Å²) in [6.45, 7) is 1.93. The van der Waals surface area contributed by atoms with E-state index in [1.54, 1.807) is 6.07 Å². The van der Waals surface area contributed by atoms with Gasteiger partial charge in [0, 0.05) is 23.2 Å². The highest BCUT2D eigenvalue weighted by Crippen LogP contribution is 2.22. The van der Waals surface area contributed by atoms with Crippen molar-refractivity contribution in [3.63, 3.8) is 0 Å². The zero-order valence-electron chi connectivity index (χ0n) is 11.6. The molecule has 0 saturated heterocycles. The zero-order valence-corrected chi connectivity index (χ0v) is 14.0. The lowest BCUT2D eigenvalue weighted by atomic mass is 10.3. The highest BCUT2D eigenvalue weighted by molar-refractivity contribution is 9.10. The Morgan fingerprint density at radius 1 is 1.35 bits per heavy atom. The van der Waals surface area contributed by atoms with E-state index in [0.717, 1.165) is 6.54 Å². The molecule has 114 valence electrons. The minimum Gasteiger partial charge on any atom is -0.398 e. The van der Waals surface area contributed by atoms with Crippen molar-refractivity contribution < 1.29 is 13.2 Å². The first-order chi connectivity index (χ1) is 9.33. The molecule has 1 rings (SSSR count). The summed E-state index contributed by atoms with van der Waals surface area (Å²) in [5, 5.41) is 0. The molecule has 0 fully saturated rings. The second-order valence-corrected chi connectivity index (χ2v) is 7.12. The van der Waals surface area contributed by atoms with Gasteiger partial charge in [0.2, 0.25) is 10.0 Å². The second kappa shape index (κ2) is 7.94. The van der Waals surface area contributed by atoms with Gasteiger partial charge in [-0.05, 0) is 48.2 Å². The average Bonchev–Trinajstić information content (AvgIpc) is 2.36. The van der Waals surface area contributed by atoms with E-state index < -0.39 is 10.0 Å². The highest BCUT2D eigenvalue weighted by Gasteiger charge is 2.14. The lowest BCUT2D eigenvalue weighted by molar-refractivity contribution is 0.122. The Balaban J connectivity index is 2.43. The molecule has 0 aromatic heterocycles. The van der Waals surface area contributed by atoms with Gasteiger partial charge in [-0.1, -0.05) is 0 Å². The SMILES string of the molecule is CN(C)CCOCCNS(=O)(=O)c1ccc(Br)c(N)c1. The first kappa shape index (κ1) is 17.4. The van der Waals surface area contributed by atoms with Crippen molar-refractivity contribution in [1.29, 1.82) is 0 Å². The summed E-state index contributed by atoms with van der Waals surface area (Å²) in [7, 11) is 0.353. The normalized spacial score (nSPS) is 12.0. The van der Waals surface area contributed by atoms with E-state index in [1.165, 1.54) is 12.1 Å². The quantitative estimate of drug-likeness (QED) is 0.527. The standard InChI is InChI=1S/C12H20BrN3O3S/c1-16(2)6-8-19-7-5-15-20(17,18)10-3-4-11(13)12(14)9-10/h3-4,9,15H,5-8,14H2,1-2H3. The first-order valence-electron chi connectivity index (χ1n) is 6.10. The number of benzene rings is 1. The molecule has 6 nitrogen and oxygen atoms in total. The van der Waals surface area contributed by atoms with Crippen LogP contribution in [0.5, 0.6) is 0 Å². The van der Waals surface area contributed by atoms with Crippen LogP contribution in [0.15, 0.2) is 27.6 Å². The fourth-order valence-corrected chi connectivity index (χ4v) is 2.66. The molecule has 8 heteroatoms. The van der Waals surface area contributed by atoms with Gasteiger partial charge in [0.25, 0.3) is 0 Å². The third-order valence-electron chi connectivity index (χ3n) is 2.50. The molecular formula is C12H20BrN3O3S. The van der Waals surface area contributed by atoms with Crippen molar-refractivity contribution in [3.05, 3.63) is 22.7 Å². The van der Waals surface area contributed by atoms with Crippen molar-refractivity contribution in [3.8, 4) is 0 Å². The maximum atomic E-state index is 12.0. The molecule has 1 aromatic carbocycles. The van der Waals surface area contributed by atoms with Gasteiger partial charge in [0.15, 0.2) is 0 Å². The summed E-state index contributed by atoms with van der Waals surface area (Å²) in [6.07, 6.45) is 0. The van der Waals surface area contributed by atoms with E-state index >= 15 is 0 Å². The van der Waals surface area contributed by atoms with Gasteiger partial charge in [0.05, 0.1) is 18.1 Å². The Labute approximate surface area is 128 Å². The minimum atomic E-state index is -3.54. The molecule has 0 aliphatic rings. The molecule has 0 radical (unpaired) electrons. The maximum absolute atomic E-state index is 12.0. The van der Waals surface area contributed by atoms with Crippen LogP contribution < -0.4 is 10.5 Å². The lowest BCUT2D eigenvalue weighted by Crippen LogP contribution is -2.28. The Morgan fingerprint density at radius 2 is 2.05 bits per heavy atom. The third kappa shape index (κ3) is 5.76. The van der Waals surface area contributed by atoms with Crippen molar-refractivity contribution in [2.24, 2.45) is 0 Å². The molecule has 0 spiro atoms. The van der Waals surface area contributed by atoms with Gasteiger partial charge in [-0.15, -0.1) is 0 Å². The summed E-state index contributed by atoms with van der Waals surface area (Å²) < 4.78 is 32.4. The minimum absolute atomic E-state index is 0.145. The van der Waals surface area contributed by atoms with Gasteiger partial charge in [-0.2, -0.15) is 0 Å². The van der Waals surface area contributed by atoms with Gasteiger partial charge < -0.3 is 15.4 Å². The van der Waals surface area contributed by atoms with Gasteiger partial charge in [0.1, 0.15) is 0 Å². The van der Waals surface area contributed by atoms with Crippen molar-refractivity contribution in [2.75, 3.05) is 46.1 Å². The molecule has 1 aromatic rings. The molecule has 0 amide bonds. The molecule has 0 bridgehead atoms. The highest BCUT2D eigenvalue weighted by atomic mass is 79.9. The van der Waals surface area contributed by atoms with Crippen LogP contribution in [-0.2, 0) is 14.8 Å². The predicted octanol–water partition coefficient (Wildman–Crippen LogP) is 0.888. The van der Waals surface area contributed by atoms with Crippen LogP contribution in [0.2, 0.25) is 0 Å². The number of nitrogens with zero attached hydrogens (tertiary/aromatic N) is 1. The van der Waals surface area contributed by atoms with E-state index in [9.17, 15) is 8.42 Å². The van der Waals surface area contributed by atoms with Gasteiger partial charge in [-0.3, -0.25) is 0 Å². The van der Waals surface area contributed by atoms with Crippen LogP contribution in [0.25, 0.3) is 0 Å². The molecule has 0 aliphatic carbocycles. The first-order valence-corrected chi connectivity index (χ1v) is 8.37. The number of rotatable bonds is 8. The van der Waals surface area contributed by atoms with Gasteiger partial charge in [-0.25, -0.2) is 13.1 Å². The van der Waals surface area contributed by atoms with Crippen molar-refractivity contribution >= 4 is 31.6 Å². The topological polar surface area (TPSA) is 84.7 Å². The molecule has 3 N–H and O–H groups in total. The summed E-state index contributed by atoms with van der Waals surface area (Å²) in [5.74, 6) is 0. The van der Waals surface area contributed by atoms with Crippen LogP contribution in [-0.4, -0.2) is 53.7 Å². The summed E-state index contributed by atoms with van der Waals surface area (Å²) in [5.41, 5.74) is 6.06. The third-order valence-corrected chi connectivity index (χ3v) is 4.68. The molecule has 20 heavy (non-hydrogen) atoms. The van der Waals surface area contributed by atoms with E-state index in [0.29, 0.717) is 23.4 Å². The van der Waals surface area contributed by atoms with Crippen LogP contribution in [0.4, 0.5) is 5.69 Å². The number of ether oxygens (including phenoxy) is 1. The number of nitrogen functional groups attached to an aromatic ring is 1. The molecular weight excluding hydrogens is 346 g/mol. The lowest BCUT2D eigenvalue weighted by Gasteiger charge is -2.11. The zero-order chi connectivity index (χ0) is 15.2. The number of likely N-dealkylation sites (N-methyl/N-ethyl adjacent to an activating group) is 1.